The van der Waals surface area contributed by atoms with Crippen molar-refractivity contribution in [2.45, 2.75) is 13.0 Å². The predicted molar refractivity (Wildman–Crippen MR) is 136 cm³/mol. The highest BCUT2D eigenvalue weighted by molar-refractivity contribution is 6.30. The molecule has 1 amide bonds. The van der Waals surface area contributed by atoms with E-state index in [-0.39, 0.29) is 27.8 Å². The Hall–Kier alpha value is -4.66. The highest BCUT2D eigenvalue weighted by Gasteiger charge is 2.32. The number of hydrogen-bond donors (Lipinski definition) is 1. The van der Waals surface area contributed by atoms with Crippen LogP contribution in [0, 0.1) is 11.6 Å². The number of amides is 1. The molecule has 42 heavy (non-hydrogen) atoms. The van der Waals surface area contributed by atoms with E-state index in [9.17, 15) is 31.5 Å². The number of alkyl halides is 5. The van der Waals surface area contributed by atoms with Crippen LogP contribution >= 0.6 is 11.6 Å². The van der Waals surface area contributed by atoms with Gasteiger partial charge < -0.3 is 19.5 Å². The second kappa shape index (κ2) is 11.7. The van der Waals surface area contributed by atoms with Gasteiger partial charge in [-0.05, 0) is 36.4 Å². The number of ether oxygens (including phenoxy) is 3. The first-order chi connectivity index (χ1) is 19.7. The van der Waals surface area contributed by atoms with Crippen LogP contribution in [0.4, 0.5) is 36.4 Å². The molecular weight excluding hydrogens is 603 g/mol. The Morgan fingerprint density at radius 1 is 0.952 bits per heavy atom. The third kappa shape index (κ3) is 6.46. The van der Waals surface area contributed by atoms with E-state index in [4.69, 9.17) is 16.3 Å². The molecule has 0 aliphatic carbocycles. The number of nitrogens with one attached hydrogen (secondary N) is 1. The van der Waals surface area contributed by atoms with Gasteiger partial charge in [0, 0.05) is 35.8 Å². The number of carbonyl (C=O) groups is 1. The summed E-state index contributed by atoms with van der Waals surface area (Å²) in [5, 5.41) is 1.95. The average Bonchev–Trinajstić information content (AvgIpc) is 3.11. The minimum absolute atomic E-state index is 0.170. The van der Waals surface area contributed by atoms with Gasteiger partial charge in [0.1, 0.15) is 40.3 Å². The van der Waals surface area contributed by atoms with Crippen LogP contribution in [0.5, 0.6) is 17.2 Å². The fraction of sp³-hybridized carbons (Fsp3) is 0.154. The normalized spacial score (nSPS) is 11.5. The summed E-state index contributed by atoms with van der Waals surface area (Å²) in [4.78, 5) is 26.7. The van der Waals surface area contributed by atoms with Crippen LogP contribution in [0.1, 0.15) is 10.4 Å². The van der Waals surface area contributed by atoms with Crippen molar-refractivity contribution in [3.63, 3.8) is 0 Å². The molecule has 1 N–H and O–H groups in total. The Bertz CT molecular complexity index is 1680. The summed E-state index contributed by atoms with van der Waals surface area (Å²) in [7, 11) is 2.31. The summed E-state index contributed by atoms with van der Waals surface area (Å²) in [5.74, 6) is -4.72. The zero-order chi connectivity index (χ0) is 30.9. The zero-order valence-electron chi connectivity index (χ0n) is 21.2. The largest absolute Gasteiger partial charge is 0.573 e. The lowest BCUT2D eigenvalue weighted by Crippen LogP contribution is -2.23. The summed E-state index contributed by atoms with van der Waals surface area (Å²) in [6, 6.07) is 8.55. The molecule has 0 saturated heterocycles. The van der Waals surface area contributed by atoms with Gasteiger partial charge in [0.2, 0.25) is 0 Å². The Morgan fingerprint density at radius 3 is 2.12 bits per heavy atom. The maximum Gasteiger partial charge on any atom is 0.573 e. The fourth-order valence-electron chi connectivity index (χ4n) is 4.03. The number of aromatic nitrogens is 2. The summed E-state index contributed by atoms with van der Waals surface area (Å²) in [6.07, 6.45) is -5.11. The van der Waals surface area contributed by atoms with E-state index in [0.29, 0.717) is 4.68 Å². The number of benzene rings is 3. The molecule has 222 valence electrons. The van der Waals surface area contributed by atoms with Gasteiger partial charge in [-0.1, -0.05) is 11.6 Å². The molecule has 1 aromatic heterocycles. The first-order valence-electron chi connectivity index (χ1n) is 11.5. The van der Waals surface area contributed by atoms with E-state index >= 15 is 8.78 Å². The molecule has 0 atom stereocenters. The molecule has 1 heterocycles. The summed E-state index contributed by atoms with van der Waals surface area (Å²) < 4.78 is 109. The number of halogens is 8. The van der Waals surface area contributed by atoms with Crippen LogP contribution in [0.3, 0.4) is 0 Å². The third-order valence-electron chi connectivity index (χ3n) is 5.67. The van der Waals surface area contributed by atoms with Gasteiger partial charge in [0.15, 0.2) is 0 Å². The Labute approximate surface area is 236 Å². The maximum absolute atomic E-state index is 15.2. The molecule has 0 aliphatic rings. The lowest BCUT2D eigenvalue weighted by molar-refractivity contribution is -0.274. The van der Waals surface area contributed by atoms with Crippen LogP contribution in [-0.2, 0) is 7.05 Å². The number of hydrogen-bond acceptors (Lipinski definition) is 5. The molecule has 4 rings (SSSR count). The van der Waals surface area contributed by atoms with Gasteiger partial charge >= 0.3 is 13.0 Å². The van der Waals surface area contributed by atoms with Crippen molar-refractivity contribution >= 4 is 23.2 Å². The van der Waals surface area contributed by atoms with E-state index in [2.05, 4.69) is 14.8 Å². The van der Waals surface area contributed by atoms with Crippen LogP contribution in [0.15, 0.2) is 59.4 Å². The number of rotatable bonds is 8. The van der Waals surface area contributed by atoms with Crippen molar-refractivity contribution in [2.75, 3.05) is 12.4 Å². The van der Waals surface area contributed by atoms with Gasteiger partial charge in [-0.25, -0.2) is 13.5 Å². The van der Waals surface area contributed by atoms with Crippen molar-refractivity contribution < 1.29 is 49.7 Å². The number of methoxy groups -OCH3 is 1. The van der Waals surface area contributed by atoms with E-state index in [0.717, 1.165) is 73.4 Å². The summed E-state index contributed by atoms with van der Waals surface area (Å²) in [6.45, 7) is -3.13. The molecule has 0 bridgehead atoms. The first-order valence-corrected chi connectivity index (χ1v) is 11.8. The second-order valence-corrected chi connectivity index (χ2v) is 8.82. The SMILES string of the molecule is COc1cc(F)c(-c2c(NC(=O)c3ccc(OC(F)F)cc3)c(=O)n(-c3cc(Cl)cc(OC(F)(F)F)c3)n2C)c(F)c1. The van der Waals surface area contributed by atoms with Gasteiger partial charge in [0.05, 0.1) is 18.4 Å². The van der Waals surface area contributed by atoms with Crippen molar-refractivity contribution in [1.29, 1.82) is 0 Å². The lowest BCUT2D eigenvalue weighted by Gasteiger charge is -2.14. The van der Waals surface area contributed by atoms with E-state index in [1.54, 1.807) is 0 Å². The molecule has 8 nitrogen and oxygen atoms in total. The van der Waals surface area contributed by atoms with E-state index < -0.39 is 58.8 Å². The van der Waals surface area contributed by atoms with Gasteiger partial charge in [-0.3, -0.25) is 14.3 Å². The monoisotopic (exact) mass is 619 g/mol. The van der Waals surface area contributed by atoms with Crippen molar-refractivity contribution in [2.24, 2.45) is 7.05 Å². The average molecular weight is 620 g/mol. The first kappa shape index (κ1) is 30.3. The number of anilines is 1. The van der Waals surface area contributed by atoms with Crippen molar-refractivity contribution in [3.8, 4) is 34.2 Å². The smallest absolute Gasteiger partial charge is 0.497 e. The molecule has 0 aliphatic heterocycles. The van der Waals surface area contributed by atoms with Crippen molar-refractivity contribution in [3.05, 3.63) is 87.2 Å². The quantitative estimate of drug-likeness (QED) is 0.227. The number of carbonyl (C=O) groups excluding carboxylic acids is 1. The van der Waals surface area contributed by atoms with E-state index in [1.165, 1.54) is 0 Å². The maximum atomic E-state index is 15.2. The Morgan fingerprint density at radius 2 is 1.57 bits per heavy atom. The van der Waals surface area contributed by atoms with Crippen LogP contribution in [0.2, 0.25) is 5.02 Å². The molecule has 0 spiro atoms. The van der Waals surface area contributed by atoms with Gasteiger partial charge in [-0.15, -0.1) is 13.2 Å². The highest BCUT2D eigenvalue weighted by Crippen LogP contribution is 2.35. The minimum Gasteiger partial charge on any atom is -0.497 e. The van der Waals surface area contributed by atoms with Crippen LogP contribution in [-0.4, -0.2) is 35.4 Å². The fourth-order valence-corrected chi connectivity index (χ4v) is 4.24. The molecule has 0 radical (unpaired) electrons. The Kier molecular flexibility index (Phi) is 8.43. The van der Waals surface area contributed by atoms with Crippen molar-refractivity contribution in [1.82, 2.24) is 9.36 Å². The lowest BCUT2D eigenvalue weighted by atomic mass is 10.1. The van der Waals surface area contributed by atoms with Crippen LogP contribution < -0.4 is 25.1 Å². The predicted octanol–water partition coefficient (Wildman–Crippen LogP) is 6.54. The molecule has 16 heteroatoms. The molecule has 3 aromatic carbocycles. The van der Waals surface area contributed by atoms with Crippen LogP contribution in [0.25, 0.3) is 16.9 Å². The van der Waals surface area contributed by atoms with Gasteiger partial charge in [0.25, 0.3) is 11.5 Å². The van der Waals surface area contributed by atoms with E-state index in [1.807, 2.05) is 0 Å². The molecule has 4 aromatic rings. The summed E-state index contributed by atoms with van der Waals surface area (Å²) >= 11 is 5.96. The zero-order valence-corrected chi connectivity index (χ0v) is 22.0. The second-order valence-electron chi connectivity index (χ2n) is 8.38. The molecule has 0 unspecified atom stereocenters. The minimum atomic E-state index is -5.11. The summed E-state index contributed by atoms with van der Waals surface area (Å²) in [5.41, 5.74) is -3.62. The molecule has 0 saturated carbocycles. The highest BCUT2D eigenvalue weighted by atomic mass is 35.5. The topological polar surface area (TPSA) is 83.7 Å². The molecular formula is C26H17ClF7N3O5. The Balaban J connectivity index is 1.90. The third-order valence-corrected chi connectivity index (χ3v) is 5.89. The standard InChI is InChI=1S/C26H17ClF7N3O5/c1-36-22(20-18(28)10-16(40-2)11-19(20)29)21(35-23(38)12-3-5-15(6-4-12)41-25(30)31)24(39)37(36)14-7-13(27)8-17(9-14)42-26(32,33)34/h3-11,25H,1-2H3,(H,35,38). The van der Waals surface area contributed by atoms with Gasteiger partial charge in [-0.2, -0.15) is 8.78 Å². The number of nitrogens with zero attached hydrogens (tertiary/aromatic N) is 2. The molecule has 0 fully saturated rings.